The topological polar surface area (TPSA) is 35.9 Å². The monoisotopic (exact) mass is 503 g/mol. The summed E-state index contributed by atoms with van der Waals surface area (Å²) in [5, 5.41) is 5.87. The summed E-state index contributed by atoms with van der Waals surface area (Å²) < 4.78 is 11.0. The van der Waals surface area contributed by atoms with Gasteiger partial charge >= 0.3 is 0 Å². The number of allylic oxidation sites excluding steroid dienone is 1. The van der Waals surface area contributed by atoms with Gasteiger partial charge in [0.15, 0.2) is 11.4 Å². The second-order valence-electron chi connectivity index (χ2n) is 9.99. The van der Waals surface area contributed by atoms with Gasteiger partial charge in [-0.1, -0.05) is 84.9 Å². The van der Waals surface area contributed by atoms with E-state index >= 15 is 0 Å². The average Bonchev–Trinajstić information content (AvgIpc) is 3.60. The van der Waals surface area contributed by atoms with Crippen LogP contribution >= 0.6 is 0 Å². The Bertz CT molecular complexity index is 2150. The van der Waals surface area contributed by atoms with Crippen molar-refractivity contribution in [1.29, 1.82) is 0 Å². The van der Waals surface area contributed by atoms with Gasteiger partial charge in [0.05, 0.1) is 22.1 Å². The van der Waals surface area contributed by atoms with Crippen molar-refractivity contribution in [3.8, 4) is 11.6 Å². The molecule has 0 unspecified atom stereocenters. The number of para-hydroxylation sites is 4. The fourth-order valence-corrected chi connectivity index (χ4v) is 6.17. The minimum atomic E-state index is 0.789. The predicted octanol–water partition coefficient (Wildman–Crippen LogP) is 9.36. The van der Waals surface area contributed by atoms with Crippen LogP contribution in [0.25, 0.3) is 72.3 Å². The third-order valence-electron chi connectivity index (χ3n) is 7.80. The first-order valence-electron chi connectivity index (χ1n) is 13.3. The summed E-state index contributed by atoms with van der Waals surface area (Å²) in [4.78, 5) is 5.41. The van der Waals surface area contributed by atoms with E-state index in [4.69, 9.17) is 9.40 Å². The quantitative estimate of drug-likeness (QED) is 0.241. The molecule has 4 nitrogen and oxygen atoms in total. The molecule has 0 radical (unpaired) electrons. The minimum absolute atomic E-state index is 0.789. The number of aryl methyl sites for hydroxylation is 1. The van der Waals surface area contributed by atoms with E-state index in [0.29, 0.717) is 0 Å². The van der Waals surface area contributed by atoms with Crippen LogP contribution in [0, 0.1) is 6.92 Å². The summed E-state index contributed by atoms with van der Waals surface area (Å²) >= 11 is 0. The van der Waals surface area contributed by atoms with Crippen LogP contribution in [0.4, 0.5) is 0 Å². The highest BCUT2D eigenvalue weighted by molar-refractivity contribution is 6.11. The highest BCUT2D eigenvalue weighted by Gasteiger charge is 2.22. The molecule has 4 heterocycles. The lowest BCUT2D eigenvalue weighted by Gasteiger charge is -2.12. The predicted molar refractivity (Wildman–Crippen MR) is 162 cm³/mol. The molecule has 0 aliphatic rings. The number of pyridine rings is 1. The summed E-state index contributed by atoms with van der Waals surface area (Å²) in [6, 6.07) is 36.4. The van der Waals surface area contributed by atoms with Crippen LogP contribution in [0.2, 0.25) is 0 Å². The maximum Gasteiger partial charge on any atom is 0.183 e. The molecule has 0 aliphatic heterocycles. The van der Waals surface area contributed by atoms with E-state index < -0.39 is 0 Å². The summed E-state index contributed by atoms with van der Waals surface area (Å²) in [6.07, 6.45) is 4.20. The van der Waals surface area contributed by atoms with E-state index in [1.165, 1.54) is 21.5 Å². The Labute approximate surface area is 225 Å². The maximum absolute atomic E-state index is 6.51. The number of hydrogen-bond acceptors (Lipinski definition) is 2. The Morgan fingerprint density at radius 2 is 1.08 bits per heavy atom. The summed E-state index contributed by atoms with van der Waals surface area (Å²) in [5.74, 6) is 2.54. The zero-order valence-corrected chi connectivity index (χ0v) is 21.7. The number of benzene rings is 4. The molecule has 8 aromatic rings. The van der Waals surface area contributed by atoms with Gasteiger partial charge in [-0.3, -0.25) is 9.13 Å². The number of fused-ring (bicyclic) bond motifs is 7. The van der Waals surface area contributed by atoms with Crippen molar-refractivity contribution in [1.82, 2.24) is 14.1 Å². The molecule has 186 valence electrons. The van der Waals surface area contributed by atoms with Gasteiger partial charge in [-0.15, -0.1) is 0 Å². The molecule has 0 spiro atoms. The third kappa shape index (κ3) is 3.03. The Balaban J connectivity index is 1.58. The van der Waals surface area contributed by atoms with Crippen LogP contribution in [0.5, 0.6) is 0 Å². The lowest BCUT2D eigenvalue weighted by atomic mass is 10.1. The molecule has 4 aromatic carbocycles. The van der Waals surface area contributed by atoms with Crippen molar-refractivity contribution in [3.05, 3.63) is 121 Å². The highest BCUT2D eigenvalue weighted by atomic mass is 16.3. The van der Waals surface area contributed by atoms with Gasteiger partial charge in [-0.2, -0.15) is 0 Å². The van der Waals surface area contributed by atoms with Crippen molar-refractivity contribution < 1.29 is 4.42 Å². The van der Waals surface area contributed by atoms with Crippen LogP contribution in [-0.2, 0) is 0 Å². The minimum Gasteiger partial charge on any atom is -0.457 e. The first-order chi connectivity index (χ1) is 19.2. The molecule has 0 atom stereocenters. The smallest absolute Gasteiger partial charge is 0.183 e. The second kappa shape index (κ2) is 8.20. The van der Waals surface area contributed by atoms with Crippen molar-refractivity contribution >= 4 is 60.7 Å². The second-order valence-corrected chi connectivity index (χ2v) is 9.99. The zero-order chi connectivity index (χ0) is 26.1. The molecule has 0 fully saturated rings. The van der Waals surface area contributed by atoms with Gasteiger partial charge in [0.2, 0.25) is 0 Å². The molecule has 4 heteroatoms. The third-order valence-corrected chi connectivity index (χ3v) is 7.80. The highest BCUT2D eigenvalue weighted by Crippen LogP contribution is 2.39. The molecule has 0 aliphatic carbocycles. The summed E-state index contributed by atoms with van der Waals surface area (Å²) in [7, 11) is 0. The molecule has 0 N–H and O–H groups in total. The number of rotatable bonds is 3. The first-order valence-corrected chi connectivity index (χ1v) is 13.3. The van der Waals surface area contributed by atoms with Crippen LogP contribution in [-0.4, -0.2) is 14.1 Å². The van der Waals surface area contributed by atoms with E-state index in [1.54, 1.807) is 0 Å². The molecule has 39 heavy (non-hydrogen) atoms. The Morgan fingerprint density at radius 3 is 1.56 bits per heavy atom. The fourth-order valence-electron chi connectivity index (χ4n) is 6.17. The molecule has 0 saturated carbocycles. The van der Waals surface area contributed by atoms with Crippen LogP contribution in [0.1, 0.15) is 18.2 Å². The van der Waals surface area contributed by atoms with E-state index in [1.807, 2.05) is 13.8 Å². The van der Waals surface area contributed by atoms with Crippen LogP contribution in [0.15, 0.2) is 114 Å². The number of furan rings is 1. The Hall–Kier alpha value is -5.09. The maximum atomic E-state index is 6.51. The van der Waals surface area contributed by atoms with E-state index in [-0.39, 0.29) is 0 Å². The molecule has 8 rings (SSSR count). The zero-order valence-electron chi connectivity index (χ0n) is 21.7. The SMILES string of the molecule is C/C=C\c1c(C)oc2c(-n3c4ccccc4c4ccccc43)nc(-n3c4ccccc4c4ccccc43)cc12. The Morgan fingerprint density at radius 1 is 0.615 bits per heavy atom. The van der Waals surface area contributed by atoms with Gasteiger partial charge in [0.1, 0.15) is 11.6 Å². The largest absolute Gasteiger partial charge is 0.457 e. The molecule has 0 saturated heterocycles. The van der Waals surface area contributed by atoms with Gasteiger partial charge in [0, 0.05) is 32.5 Å². The van der Waals surface area contributed by atoms with Gasteiger partial charge in [-0.25, -0.2) is 4.98 Å². The van der Waals surface area contributed by atoms with Gasteiger partial charge in [0.25, 0.3) is 0 Å². The average molecular weight is 504 g/mol. The van der Waals surface area contributed by atoms with Crippen LogP contribution in [0.3, 0.4) is 0 Å². The van der Waals surface area contributed by atoms with Gasteiger partial charge in [-0.05, 0) is 44.2 Å². The first kappa shape index (κ1) is 21.9. The molecule has 4 aromatic heterocycles. The fraction of sp³-hybridized carbons (Fsp3) is 0.0571. The standard InChI is InChI=1S/C35H25N3O/c1-3-12-23-22(2)39-34-28(23)21-33(37-29-17-8-4-13-24(29)25-14-5-9-18-30(25)37)36-35(34)38-31-19-10-6-15-26(31)27-16-7-11-20-32(27)38/h3-21H,1-2H3/b12-3-. The summed E-state index contributed by atoms with van der Waals surface area (Å²) in [6.45, 7) is 4.08. The van der Waals surface area contributed by atoms with Crippen molar-refractivity contribution in [2.75, 3.05) is 0 Å². The molecular formula is C35H25N3O. The number of nitrogens with zero attached hydrogens (tertiary/aromatic N) is 3. The van der Waals surface area contributed by atoms with Crippen molar-refractivity contribution in [3.63, 3.8) is 0 Å². The Kier molecular flexibility index (Phi) is 4.62. The normalized spacial score (nSPS) is 12.3. The van der Waals surface area contributed by atoms with Gasteiger partial charge < -0.3 is 4.42 Å². The van der Waals surface area contributed by atoms with Crippen LogP contribution < -0.4 is 0 Å². The molecule has 0 bridgehead atoms. The van der Waals surface area contributed by atoms with Crippen molar-refractivity contribution in [2.24, 2.45) is 0 Å². The number of aromatic nitrogens is 3. The van der Waals surface area contributed by atoms with E-state index in [0.717, 1.165) is 56.0 Å². The van der Waals surface area contributed by atoms with E-state index in [9.17, 15) is 0 Å². The van der Waals surface area contributed by atoms with E-state index in [2.05, 4.69) is 124 Å². The number of hydrogen-bond donors (Lipinski definition) is 0. The van der Waals surface area contributed by atoms with Crippen molar-refractivity contribution in [2.45, 2.75) is 13.8 Å². The summed E-state index contributed by atoms with van der Waals surface area (Å²) in [5.41, 5.74) is 6.34. The molecule has 0 amide bonds. The lowest BCUT2D eigenvalue weighted by molar-refractivity contribution is 0.574. The molecular weight excluding hydrogens is 478 g/mol. The lowest BCUT2D eigenvalue weighted by Crippen LogP contribution is -2.04.